The van der Waals surface area contributed by atoms with Crippen LogP contribution in [0.2, 0.25) is 0 Å². The summed E-state index contributed by atoms with van der Waals surface area (Å²) < 4.78 is 2.14. The summed E-state index contributed by atoms with van der Waals surface area (Å²) in [6, 6.07) is 8.74. The number of rotatable bonds is 7. The van der Waals surface area contributed by atoms with Crippen LogP contribution in [0.5, 0.6) is 0 Å². The van der Waals surface area contributed by atoms with E-state index in [0.29, 0.717) is 6.04 Å². The normalized spacial score (nSPS) is 12.8. The van der Waals surface area contributed by atoms with E-state index in [0.717, 1.165) is 11.5 Å². The van der Waals surface area contributed by atoms with Gasteiger partial charge in [0.2, 0.25) is 5.95 Å². The number of hydrogen-bond acceptors (Lipinski definition) is 2. The van der Waals surface area contributed by atoms with E-state index in [1.54, 1.807) is 0 Å². The highest BCUT2D eigenvalue weighted by atomic mass is 15.2. The number of benzene rings is 1. The molecule has 0 bridgehead atoms. The van der Waals surface area contributed by atoms with Crippen molar-refractivity contribution >= 4 is 17.0 Å². The molecular formula is C16H25N3. The first-order valence-electron chi connectivity index (χ1n) is 7.40. The standard InChI is InChI=1S/C16H25N3/c1-4-5-6-7-10-13(2)17-16-18-14-11-8-9-12-15(14)19(16)3/h8-9,11-13H,4-7,10H2,1-3H3,(H,17,18). The molecule has 3 heteroatoms. The molecule has 0 aliphatic rings. The van der Waals surface area contributed by atoms with Crippen LogP contribution < -0.4 is 5.32 Å². The Morgan fingerprint density at radius 2 is 2.00 bits per heavy atom. The van der Waals surface area contributed by atoms with Gasteiger partial charge in [-0.15, -0.1) is 0 Å². The molecule has 1 aromatic carbocycles. The van der Waals surface area contributed by atoms with Gasteiger partial charge in [-0.3, -0.25) is 0 Å². The molecular weight excluding hydrogens is 234 g/mol. The van der Waals surface area contributed by atoms with Crippen LogP contribution in [0.4, 0.5) is 5.95 Å². The highest BCUT2D eigenvalue weighted by molar-refractivity contribution is 5.78. The maximum absolute atomic E-state index is 4.65. The number of hydrogen-bond donors (Lipinski definition) is 1. The summed E-state index contributed by atoms with van der Waals surface area (Å²) in [5.74, 6) is 0.976. The van der Waals surface area contributed by atoms with E-state index < -0.39 is 0 Å². The van der Waals surface area contributed by atoms with Gasteiger partial charge < -0.3 is 9.88 Å². The van der Waals surface area contributed by atoms with E-state index in [-0.39, 0.29) is 0 Å². The van der Waals surface area contributed by atoms with Gasteiger partial charge in [0.15, 0.2) is 0 Å². The maximum Gasteiger partial charge on any atom is 0.203 e. The SMILES string of the molecule is CCCCCCC(C)Nc1nc2ccccc2n1C. The van der Waals surface area contributed by atoms with Crippen molar-refractivity contribution in [3.63, 3.8) is 0 Å². The number of anilines is 1. The van der Waals surface area contributed by atoms with E-state index in [1.165, 1.54) is 37.6 Å². The number of nitrogens with one attached hydrogen (secondary N) is 1. The van der Waals surface area contributed by atoms with Gasteiger partial charge in [-0.05, 0) is 25.5 Å². The number of imidazole rings is 1. The third kappa shape index (κ3) is 3.49. The lowest BCUT2D eigenvalue weighted by molar-refractivity contribution is 0.590. The molecule has 0 aliphatic heterocycles. The van der Waals surface area contributed by atoms with Crippen LogP contribution in [-0.2, 0) is 7.05 Å². The van der Waals surface area contributed by atoms with Crippen LogP contribution in [0, 0.1) is 0 Å². The van der Waals surface area contributed by atoms with Crippen molar-refractivity contribution in [1.29, 1.82) is 0 Å². The molecule has 2 aromatic rings. The number of para-hydroxylation sites is 2. The van der Waals surface area contributed by atoms with Crippen LogP contribution >= 0.6 is 0 Å². The second-order valence-electron chi connectivity index (χ2n) is 5.38. The molecule has 3 nitrogen and oxygen atoms in total. The van der Waals surface area contributed by atoms with Crippen molar-refractivity contribution in [2.75, 3.05) is 5.32 Å². The number of unbranched alkanes of at least 4 members (excludes halogenated alkanes) is 3. The van der Waals surface area contributed by atoms with Gasteiger partial charge in [0.05, 0.1) is 11.0 Å². The van der Waals surface area contributed by atoms with Crippen LogP contribution in [0.1, 0.15) is 46.0 Å². The molecule has 104 valence electrons. The van der Waals surface area contributed by atoms with Gasteiger partial charge in [-0.25, -0.2) is 4.98 Å². The van der Waals surface area contributed by atoms with Crippen molar-refractivity contribution in [2.45, 2.75) is 52.0 Å². The number of aryl methyl sites for hydroxylation is 1. The van der Waals surface area contributed by atoms with E-state index in [4.69, 9.17) is 0 Å². The minimum Gasteiger partial charge on any atom is -0.353 e. The first kappa shape index (κ1) is 13.9. The lowest BCUT2D eigenvalue weighted by Gasteiger charge is -2.14. The Morgan fingerprint density at radius 1 is 1.21 bits per heavy atom. The van der Waals surface area contributed by atoms with Crippen LogP contribution in [0.3, 0.4) is 0 Å². The Labute approximate surface area is 116 Å². The molecule has 0 amide bonds. The zero-order valence-corrected chi connectivity index (χ0v) is 12.3. The van der Waals surface area contributed by atoms with E-state index in [1.807, 2.05) is 6.07 Å². The third-order valence-electron chi connectivity index (χ3n) is 3.65. The molecule has 1 aromatic heterocycles. The van der Waals surface area contributed by atoms with E-state index in [9.17, 15) is 0 Å². The van der Waals surface area contributed by atoms with E-state index in [2.05, 4.69) is 54.0 Å². The molecule has 0 saturated carbocycles. The monoisotopic (exact) mass is 259 g/mol. The van der Waals surface area contributed by atoms with Gasteiger partial charge in [0.25, 0.3) is 0 Å². The number of aromatic nitrogens is 2. The Kier molecular flexibility index (Phi) is 4.83. The minimum atomic E-state index is 0.479. The Hall–Kier alpha value is -1.51. The average molecular weight is 259 g/mol. The summed E-state index contributed by atoms with van der Waals surface area (Å²) in [6.07, 6.45) is 6.49. The fraction of sp³-hybridized carbons (Fsp3) is 0.562. The molecule has 0 aliphatic carbocycles. The van der Waals surface area contributed by atoms with Crippen LogP contribution in [-0.4, -0.2) is 15.6 Å². The Morgan fingerprint density at radius 3 is 2.74 bits per heavy atom. The van der Waals surface area contributed by atoms with E-state index >= 15 is 0 Å². The van der Waals surface area contributed by atoms with Crippen molar-refractivity contribution in [2.24, 2.45) is 7.05 Å². The summed E-state index contributed by atoms with van der Waals surface area (Å²) in [7, 11) is 2.07. The average Bonchev–Trinajstić information content (AvgIpc) is 2.72. The van der Waals surface area contributed by atoms with Gasteiger partial charge in [-0.2, -0.15) is 0 Å². The fourth-order valence-corrected chi connectivity index (χ4v) is 2.44. The molecule has 0 saturated heterocycles. The molecule has 1 heterocycles. The Balaban J connectivity index is 1.95. The van der Waals surface area contributed by atoms with Crippen LogP contribution in [0.25, 0.3) is 11.0 Å². The maximum atomic E-state index is 4.65. The summed E-state index contributed by atoms with van der Waals surface area (Å²) in [5, 5.41) is 3.53. The summed E-state index contributed by atoms with van der Waals surface area (Å²) in [5.41, 5.74) is 2.24. The van der Waals surface area contributed by atoms with Crippen molar-refractivity contribution in [3.8, 4) is 0 Å². The first-order valence-corrected chi connectivity index (χ1v) is 7.40. The van der Waals surface area contributed by atoms with Gasteiger partial charge in [0.1, 0.15) is 0 Å². The molecule has 1 N–H and O–H groups in total. The minimum absolute atomic E-state index is 0.479. The summed E-state index contributed by atoms with van der Waals surface area (Å²) >= 11 is 0. The topological polar surface area (TPSA) is 29.9 Å². The van der Waals surface area contributed by atoms with Gasteiger partial charge in [0, 0.05) is 13.1 Å². The van der Waals surface area contributed by atoms with Crippen molar-refractivity contribution in [3.05, 3.63) is 24.3 Å². The predicted molar refractivity (Wildman–Crippen MR) is 82.6 cm³/mol. The second kappa shape index (κ2) is 6.60. The molecule has 0 spiro atoms. The third-order valence-corrected chi connectivity index (χ3v) is 3.65. The molecule has 2 rings (SSSR count). The molecule has 19 heavy (non-hydrogen) atoms. The van der Waals surface area contributed by atoms with Crippen molar-refractivity contribution in [1.82, 2.24) is 9.55 Å². The predicted octanol–water partition coefficient (Wildman–Crippen LogP) is 4.34. The van der Waals surface area contributed by atoms with Gasteiger partial charge in [-0.1, -0.05) is 44.7 Å². The molecule has 1 atom stereocenters. The fourth-order valence-electron chi connectivity index (χ4n) is 2.44. The second-order valence-corrected chi connectivity index (χ2v) is 5.38. The Bertz CT molecular complexity index is 516. The number of fused-ring (bicyclic) bond motifs is 1. The van der Waals surface area contributed by atoms with Crippen molar-refractivity contribution < 1.29 is 0 Å². The molecule has 0 radical (unpaired) electrons. The molecule has 1 unspecified atom stereocenters. The van der Waals surface area contributed by atoms with Gasteiger partial charge >= 0.3 is 0 Å². The summed E-state index contributed by atoms with van der Waals surface area (Å²) in [4.78, 5) is 4.65. The molecule has 0 fully saturated rings. The zero-order chi connectivity index (χ0) is 13.7. The van der Waals surface area contributed by atoms with Crippen LogP contribution in [0.15, 0.2) is 24.3 Å². The zero-order valence-electron chi connectivity index (χ0n) is 12.3. The number of nitrogens with zero attached hydrogens (tertiary/aromatic N) is 2. The lowest BCUT2D eigenvalue weighted by Crippen LogP contribution is -2.17. The highest BCUT2D eigenvalue weighted by Crippen LogP contribution is 2.19. The smallest absolute Gasteiger partial charge is 0.203 e. The highest BCUT2D eigenvalue weighted by Gasteiger charge is 2.09. The summed E-state index contributed by atoms with van der Waals surface area (Å²) in [6.45, 7) is 4.49. The first-order chi connectivity index (χ1) is 9.22. The largest absolute Gasteiger partial charge is 0.353 e. The lowest BCUT2D eigenvalue weighted by atomic mass is 10.1. The quantitative estimate of drug-likeness (QED) is 0.749.